The van der Waals surface area contributed by atoms with Crippen LogP contribution >= 0.6 is 0 Å². The highest BCUT2D eigenvalue weighted by atomic mass is 19.4. The van der Waals surface area contributed by atoms with E-state index in [-0.39, 0.29) is 11.8 Å². The van der Waals surface area contributed by atoms with Crippen molar-refractivity contribution in [2.45, 2.75) is 31.5 Å². The van der Waals surface area contributed by atoms with Gasteiger partial charge in [-0.2, -0.15) is 13.2 Å². The van der Waals surface area contributed by atoms with Gasteiger partial charge in [0.1, 0.15) is 0 Å². The van der Waals surface area contributed by atoms with Gasteiger partial charge in [-0.3, -0.25) is 9.36 Å². The van der Waals surface area contributed by atoms with Crippen molar-refractivity contribution in [3.05, 3.63) is 16.3 Å². The Bertz CT molecular complexity index is 668. The van der Waals surface area contributed by atoms with Gasteiger partial charge in [0.25, 0.3) is 0 Å². The summed E-state index contributed by atoms with van der Waals surface area (Å²) in [5, 5.41) is 3.47. The molecule has 1 aromatic heterocycles. The molecule has 1 atom stereocenters. The van der Waals surface area contributed by atoms with Crippen LogP contribution in [-0.4, -0.2) is 51.5 Å². The summed E-state index contributed by atoms with van der Waals surface area (Å²) in [6, 6.07) is -0.427. The first-order chi connectivity index (χ1) is 11.3. The molecule has 0 N–H and O–H groups in total. The highest BCUT2D eigenvalue weighted by Crippen LogP contribution is 2.28. The van der Waals surface area contributed by atoms with E-state index in [0.717, 1.165) is 11.7 Å². The van der Waals surface area contributed by atoms with Crippen molar-refractivity contribution in [3.8, 4) is 0 Å². The molecule has 0 aliphatic carbocycles. The Balaban J connectivity index is 1.69. The number of hydrogen-bond donors (Lipinski definition) is 0. The molecule has 134 valence electrons. The van der Waals surface area contributed by atoms with E-state index in [1.165, 1.54) is 0 Å². The van der Waals surface area contributed by atoms with Crippen molar-refractivity contribution < 1.29 is 22.7 Å². The quantitative estimate of drug-likeness (QED) is 0.793. The third-order valence-corrected chi connectivity index (χ3v) is 4.66. The second kappa shape index (κ2) is 6.23. The lowest BCUT2D eigenvalue weighted by Crippen LogP contribution is -2.43. The molecule has 0 aromatic carbocycles. The van der Waals surface area contributed by atoms with Gasteiger partial charge in [0.15, 0.2) is 0 Å². The number of rotatable bonds is 2. The van der Waals surface area contributed by atoms with E-state index in [1.54, 1.807) is 4.90 Å². The van der Waals surface area contributed by atoms with E-state index in [4.69, 9.17) is 4.74 Å². The van der Waals surface area contributed by atoms with Gasteiger partial charge >= 0.3 is 11.9 Å². The molecule has 10 heteroatoms. The Morgan fingerprint density at radius 2 is 1.92 bits per heavy atom. The second-order valence-electron chi connectivity index (χ2n) is 6.22. The topological polar surface area (TPSA) is 69.4 Å². The van der Waals surface area contributed by atoms with Crippen LogP contribution in [0, 0.1) is 5.92 Å². The third-order valence-electron chi connectivity index (χ3n) is 4.66. The molecule has 0 unspecified atom stereocenters. The minimum atomic E-state index is -4.67. The van der Waals surface area contributed by atoms with E-state index in [9.17, 15) is 22.8 Å². The highest BCUT2D eigenvalue weighted by Gasteiger charge is 2.39. The van der Waals surface area contributed by atoms with Crippen LogP contribution in [0.3, 0.4) is 0 Å². The molecule has 7 nitrogen and oxygen atoms in total. The average molecular weight is 348 g/mol. The second-order valence-corrected chi connectivity index (χ2v) is 6.22. The smallest absolute Gasteiger partial charge is 0.381 e. The molecular formula is C14H19F3N4O3. The average Bonchev–Trinajstić information content (AvgIpc) is 3.16. The van der Waals surface area contributed by atoms with E-state index < -0.39 is 23.7 Å². The van der Waals surface area contributed by atoms with Crippen LogP contribution in [0.1, 0.15) is 31.1 Å². The lowest BCUT2D eigenvalue weighted by molar-refractivity contribution is -0.147. The number of ether oxygens (including phenoxy) is 1. The minimum absolute atomic E-state index is 0.0234. The maximum atomic E-state index is 12.8. The molecule has 2 saturated heterocycles. The van der Waals surface area contributed by atoms with Crippen LogP contribution in [0.25, 0.3) is 0 Å². The number of piperidine rings is 1. The van der Waals surface area contributed by atoms with Crippen LogP contribution in [-0.2, 0) is 22.8 Å². The number of nitrogens with zero attached hydrogens (tertiary/aromatic N) is 4. The molecule has 2 aliphatic rings. The van der Waals surface area contributed by atoms with Crippen molar-refractivity contribution in [1.82, 2.24) is 19.2 Å². The lowest BCUT2D eigenvalue weighted by Gasteiger charge is -2.33. The third kappa shape index (κ3) is 3.06. The largest absolute Gasteiger partial charge is 0.451 e. The first-order valence-corrected chi connectivity index (χ1v) is 7.88. The molecule has 1 amide bonds. The number of carbonyl (C=O) groups is 1. The number of hydrogen-bond acceptors (Lipinski definition) is 4. The van der Waals surface area contributed by atoms with Crippen molar-refractivity contribution in [2.24, 2.45) is 13.0 Å². The zero-order valence-electron chi connectivity index (χ0n) is 13.3. The molecule has 0 radical (unpaired) electrons. The summed E-state index contributed by atoms with van der Waals surface area (Å²) in [6.07, 6.45) is -3.15. The van der Waals surface area contributed by atoms with E-state index in [2.05, 4.69) is 5.10 Å². The number of likely N-dealkylation sites (tertiary alicyclic amines) is 1. The standard InChI is InChI=1S/C14H19F3N4O3/c1-19-12(14(15,16)17)18-21(13(19)23)10-2-5-20(6-3-10)11(22)9-4-7-24-8-9/h9-10H,2-8H2,1H3/t9-/m1/s1. The van der Waals surface area contributed by atoms with Gasteiger partial charge in [-0.1, -0.05) is 0 Å². The van der Waals surface area contributed by atoms with Gasteiger partial charge in [-0.25, -0.2) is 9.48 Å². The summed E-state index contributed by atoms with van der Waals surface area (Å²) in [6.45, 7) is 1.82. The predicted octanol–water partition coefficient (Wildman–Crippen LogP) is 0.801. The minimum Gasteiger partial charge on any atom is -0.381 e. The van der Waals surface area contributed by atoms with Crippen LogP contribution in [0.15, 0.2) is 4.79 Å². The first-order valence-electron chi connectivity index (χ1n) is 7.88. The van der Waals surface area contributed by atoms with Gasteiger partial charge < -0.3 is 9.64 Å². The van der Waals surface area contributed by atoms with Gasteiger partial charge in [-0.05, 0) is 19.3 Å². The van der Waals surface area contributed by atoms with Gasteiger partial charge in [0.05, 0.1) is 18.6 Å². The lowest BCUT2D eigenvalue weighted by atomic mass is 10.0. The van der Waals surface area contributed by atoms with Crippen molar-refractivity contribution in [2.75, 3.05) is 26.3 Å². The Labute approximate surface area is 136 Å². The van der Waals surface area contributed by atoms with Crippen LogP contribution in [0.4, 0.5) is 13.2 Å². The zero-order chi connectivity index (χ0) is 17.5. The number of carbonyl (C=O) groups excluding carboxylic acids is 1. The molecule has 0 bridgehead atoms. The summed E-state index contributed by atoms with van der Waals surface area (Å²) in [5.74, 6) is -1.31. The molecule has 2 aliphatic heterocycles. The number of amides is 1. The van der Waals surface area contributed by atoms with Gasteiger partial charge in [-0.15, -0.1) is 5.10 Å². The van der Waals surface area contributed by atoms with Gasteiger partial charge in [0.2, 0.25) is 11.7 Å². The van der Waals surface area contributed by atoms with E-state index in [1.807, 2.05) is 0 Å². The summed E-state index contributed by atoms with van der Waals surface area (Å²) in [4.78, 5) is 26.0. The Morgan fingerprint density at radius 1 is 1.25 bits per heavy atom. The predicted molar refractivity (Wildman–Crippen MR) is 76.2 cm³/mol. The zero-order valence-corrected chi connectivity index (χ0v) is 13.3. The van der Waals surface area contributed by atoms with Crippen molar-refractivity contribution in [3.63, 3.8) is 0 Å². The van der Waals surface area contributed by atoms with Crippen molar-refractivity contribution in [1.29, 1.82) is 0 Å². The van der Waals surface area contributed by atoms with E-state index >= 15 is 0 Å². The molecule has 1 aromatic rings. The summed E-state index contributed by atoms with van der Waals surface area (Å²) in [7, 11) is 1.06. The van der Waals surface area contributed by atoms with Gasteiger partial charge in [0, 0.05) is 26.7 Å². The van der Waals surface area contributed by atoms with Crippen LogP contribution in [0.5, 0.6) is 0 Å². The number of halogens is 3. The van der Waals surface area contributed by atoms with Crippen LogP contribution in [0.2, 0.25) is 0 Å². The molecule has 3 rings (SSSR count). The first kappa shape index (κ1) is 17.0. The number of alkyl halides is 3. The Kier molecular flexibility index (Phi) is 4.41. The fraction of sp³-hybridized carbons (Fsp3) is 0.786. The molecule has 2 fully saturated rings. The molecule has 24 heavy (non-hydrogen) atoms. The molecule has 0 saturated carbocycles. The maximum Gasteiger partial charge on any atom is 0.451 e. The fourth-order valence-electron chi connectivity index (χ4n) is 3.26. The number of aromatic nitrogens is 3. The summed E-state index contributed by atoms with van der Waals surface area (Å²) >= 11 is 0. The highest BCUT2D eigenvalue weighted by molar-refractivity contribution is 5.79. The Morgan fingerprint density at radius 3 is 2.42 bits per heavy atom. The monoisotopic (exact) mass is 348 g/mol. The molecule has 0 spiro atoms. The SMILES string of the molecule is Cn1c(C(F)(F)F)nn(C2CCN(C(=O)[C@@H]3CCOC3)CC2)c1=O. The normalized spacial score (nSPS) is 23.0. The molecular weight excluding hydrogens is 329 g/mol. The Hall–Kier alpha value is -1.84. The van der Waals surface area contributed by atoms with Crippen molar-refractivity contribution >= 4 is 5.91 Å². The van der Waals surface area contributed by atoms with E-state index in [0.29, 0.717) is 50.1 Å². The maximum absolute atomic E-state index is 12.8. The fourth-order valence-corrected chi connectivity index (χ4v) is 3.26. The summed E-state index contributed by atoms with van der Waals surface area (Å²) in [5.41, 5.74) is -0.781. The van der Waals surface area contributed by atoms with Crippen LogP contribution < -0.4 is 5.69 Å². The molecule has 3 heterocycles. The summed E-state index contributed by atoms with van der Waals surface area (Å²) < 4.78 is 45.2.